The van der Waals surface area contributed by atoms with Crippen LogP contribution in [0.4, 0.5) is 11.4 Å². The summed E-state index contributed by atoms with van der Waals surface area (Å²) in [6.45, 7) is 7.61. The second-order valence-electron chi connectivity index (χ2n) is 8.20. The van der Waals surface area contributed by atoms with Gasteiger partial charge in [0.2, 0.25) is 0 Å². The Labute approximate surface area is 210 Å². The second-order valence-corrected chi connectivity index (χ2v) is 8.60. The molecule has 35 heavy (non-hydrogen) atoms. The molecule has 2 amide bonds. The van der Waals surface area contributed by atoms with Crippen LogP contribution in [-0.2, 0) is 9.59 Å². The molecule has 0 atom stereocenters. The zero-order chi connectivity index (χ0) is 25.5. The Morgan fingerprint density at radius 1 is 0.971 bits per heavy atom. The third kappa shape index (κ3) is 6.72. The number of hydrogen-bond donors (Lipinski definition) is 2. The summed E-state index contributed by atoms with van der Waals surface area (Å²) in [5.41, 5.74) is 6.02. The zero-order valence-electron chi connectivity index (χ0n) is 20.0. The molecule has 3 aromatic rings. The summed E-state index contributed by atoms with van der Waals surface area (Å²) in [5, 5.41) is 15.3. The molecule has 178 valence electrons. The van der Waals surface area contributed by atoms with Gasteiger partial charge in [-0.25, -0.2) is 0 Å². The van der Waals surface area contributed by atoms with E-state index in [1.165, 1.54) is 6.08 Å². The number of carbonyl (C=O) groups excluding carboxylic acids is 2. The minimum atomic E-state index is -0.513. The van der Waals surface area contributed by atoms with Crippen LogP contribution in [0.1, 0.15) is 27.8 Å². The molecule has 0 aliphatic heterocycles. The number of rotatable bonds is 7. The van der Waals surface area contributed by atoms with Gasteiger partial charge in [0.25, 0.3) is 11.8 Å². The largest absolute Gasteiger partial charge is 0.482 e. The first-order valence-corrected chi connectivity index (χ1v) is 11.3. The second kappa shape index (κ2) is 11.4. The van der Waals surface area contributed by atoms with Crippen LogP contribution in [-0.4, -0.2) is 18.4 Å². The van der Waals surface area contributed by atoms with Gasteiger partial charge in [-0.3, -0.25) is 9.59 Å². The first-order valence-electron chi connectivity index (χ1n) is 11.0. The standard InChI is InChI=1S/C28H26ClN3O3/c1-17-8-10-23(12-19(17)3)31-27(33)16-35-26-11-9-21(14-24(26)29)13-22(15-30)28(34)32-25-7-5-6-18(2)20(25)4/h5-14H,16H2,1-4H3,(H,31,33)(H,32,34)/b22-13-. The van der Waals surface area contributed by atoms with E-state index in [0.717, 1.165) is 22.3 Å². The Bertz CT molecular complexity index is 1360. The minimum absolute atomic E-state index is 0.0663. The molecular weight excluding hydrogens is 462 g/mol. The normalized spacial score (nSPS) is 10.9. The van der Waals surface area contributed by atoms with E-state index in [1.54, 1.807) is 24.3 Å². The lowest BCUT2D eigenvalue weighted by atomic mass is 10.1. The summed E-state index contributed by atoms with van der Waals surface area (Å²) in [6, 6.07) is 18.0. The van der Waals surface area contributed by atoms with E-state index < -0.39 is 5.91 Å². The molecule has 7 heteroatoms. The van der Waals surface area contributed by atoms with Gasteiger partial charge < -0.3 is 15.4 Å². The van der Waals surface area contributed by atoms with Crippen molar-refractivity contribution in [1.29, 1.82) is 5.26 Å². The van der Waals surface area contributed by atoms with Crippen molar-refractivity contribution < 1.29 is 14.3 Å². The number of aryl methyl sites for hydroxylation is 3. The lowest BCUT2D eigenvalue weighted by molar-refractivity contribution is -0.118. The van der Waals surface area contributed by atoms with Crippen molar-refractivity contribution >= 4 is 40.9 Å². The number of carbonyl (C=O) groups is 2. The molecule has 0 aliphatic rings. The number of nitriles is 1. The van der Waals surface area contributed by atoms with Crippen molar-refractivity contribution in [2.75, 3.05) is 17.2 Å². The van der Waals surface area contributed by atoms with Gasteiger partial charge in [-0.1, -0.05) is 35.9 Å². The maximum Gasteiger partial charge on any atom is 0.266 e. The van der Waals surface area contributed by atoms with Gasteiger partial charge in [0.15, 0.2) is 6.61 Å². The average Bonchev–Trinajstić information content (AvgIpc) is 2.82. The van der Waals surface area contributed by atoms with Crippen molar-refractivity contribution in [3.8, 4) is 11.8 Å². The van der Waals surface area contributed by atoms with Crippen LogP contribution in [0.25, 0.3) is 6.08 Å². The SMILES string of the molecule is Cc1ccc(NC(=O)COc2ccc(/C=C(/C#N)C(=O)Nc3cccc(C)c3C)cc2Cl)cc1C. The Kier molecular flexibility index (Phi) is 8.30. The molecule has 0 saturated carbocycles. The topological polar surface area (TPSA) is 91.2 Å². The molecule has 3 rings (SSSR count). The molecule has 0 saturated heterocycles. The lowest BCUT2D eigenvalue weighted by Gasteiger charge is -2.11. The molecule has 0 aliphatic carbocycles. The van der Waals surface area contributed by atoms with Gasteiger partial charge in [0, 0.05) is 11.4 Å². The van der Waals surface area contributed by atoms with Crippen LogP contribution >= 0.6 is 11.6 Å². The van der Waals surface area contributed by atoms with Crippen LogP contribution in [0.2, 0.25) is 5.02 Å². The summed E-state index contributed by atoms with van der Waals surface area (Å²) in [7, 11) is 0. The summed E-state index contributed by atoms with van der Waals surface area (Å²) < 4.78 is 5.55. The fraction of sp³-hybridized carbons (Fsp3) is 0.179. The molecule has 6 nitrogen and oxygen atoms in total. The Morgan fingerprint density at radius 2 is 1.74 bits per heavy atom. The molecular formula is C28H26ClN3O3. The fourth-order valence-electron chi connectivity index (χ4n) is 3.27. The van der Waals surface area contributed by atoms with Crippen molar-refractivity contribution in [3.05, 3.63) is 93.0 Å². The number of benzene rings is 3. The monoisotopic (exact) mass is 487 g/mol. The zero-order valence-corrected chi connectivity index (χ0v) is 20.8. The first-order chi connectivity index (χ1) is 16.7. The van der Waals surface area contributed by atoms with Crippen LogP contribution in [0.5, 0.6) is 5.75 Å². The average molecular weight is 488 g/mol. The molecule has 0 bridgehead atoms. The highest BCUT2D eigenvalue weighted by molar-refractivity contribution is 6.32. The number of ether oxygens (including phenoxy) is 1. The van der Waals surface area contributed by atoms with E-state index in [1.807, 2.05) is 64.1 Å². The number of halogens is 1. The molecule has 0 aromatic heterocycles. The highest BCUT2D eigenvalue weighted by Gasteiger charge is 2.13. The number of amides is 2. The van der Waals surface area contributed by atoms with E-state index in [-0.39, 0.29) is 23.1 Å². The van der Waals surface area contributed by atoms with Crippen molar-refractivity contribution in [2.45, 2.75) is 27.7 Å². The van der Waals surface area contributed by atoms with Crippen molar-refractivity contribution in [3.63, 3.8) is 0 Å². The molecule has 0 spiro atoms. The summed E-state index contributed by atoms with van der Waals surface area (Å²) in [6.07, 6.45) is 1.45. The fourth-order valence-corrected chi connectivity index (χ4v) is 3.52. The van der Waals surface area contributed by atoms with E-state index in [9.17, 15) is 14.9 Å². The Hall–Kier alpha value is -4.08. The van der Waals surface area contributed by atoms with Gasteiger partial charge in [-0.2, -0.15) is 5.26 Å². The van der Waals surface area contributed by atoms with Crippen LogP contribution in [0, 0.1) is 39.0 Å². The third-order valence-corrected chi connectivity index (χ3v) is 5.93. The van der Waals surface area contributed by atoms with Gasteiger partial charge in [-0.15, -0.1) is 0 Å². The molecule has 0 fully saturated rings. The first kappa shape index (κ1) is 25.5. The van der Waals surface area contributed by atoms with E-state index in [2.05, 4.69) is 10.6 Å². The molecule has 0 heterocycles. The highest BCUT2D eigenvalue weighted by atomic mass is 35.5. The predicted octanol–water partition coefficient (Wildman–Crippen LogP) is 6.14. The minimum Gasteiger partial charge on any atom is -0.482 e. The number of nitrogens with zero attached hydrogens (tertiary/aromatic N) is 1. The predicted molar refractivity (Wildman–Crippen MR) is 140 cm³/mol. The molecule has 0 radical (unpaired) electrons. The Balaban J connectivity index is 1.65. The summed E-state index contributed by atoms with van der Waals surface area (Å²) >= 11 is 6.32. The highest BCUT2D eigenvalue weighted by Crippen LogP contribution is 2.27. The van der Waals surface area contributed by atoms with E-state index >= 15 is 0 Å². The lowest BCUT2D eigenvalue weighted by Crippen LogP contribution is -2.20. The van der Waals surface area contributed by atoms with Gasteiger partial charge in [-0.05, 0) is 91.9 Å². The molecule has 3 aromatic carbocycles. The quantitative estimate of drug-likeness (QED) is 0.309. The molecule has 2 N–H and O–H groups in total. The van der Waals surface area contributed by atoms with E-state index in [0.29, 0.717) is 22.7 Å². The van der Waals surface area contributed by atoms with Gasteiger partial charge >= 0.3 is 0 Å². The summed E-state index contributed by atoms with van der Waals surface area (Å²) in [5.74, 6) is -0.513. The van der Waals surface area contributed by atoms with Crippen molar-refractivity contribution in [2.24, 2.45) is 0 Å². The summed E-state index contributed by atoms with van der Waals surface area (Å²) in [4.78, 5) is 24.9. The van der Waals surface area contributed by atoms with Crippen molar-refractivity contribution in [1.82, 2.24) is 0 Å². The number of nitrogens with one attached hydrogen (secondary N) is 2. The number of anilines is 2. The maximum atomic E-state index is 12.6. The van der Waals surface area contributed by atoms with Gasteiger partial charge in [0.1, 0.15) is 17.4 Å². The maximum absolute atomic E-state index is 12.6. The number of hydrogen-bond acceptors (Lipinski definition) is 4. The Morgan fingerprint density at radius 3 is 2.43 bits per heavy atom. The van der Waals surface area contributed by atoms with Gasteiger partial charge in [0.05, 0.1) is 5.02 Å². The van der Waals surface area contributed by atoms with Crippen LogP contribution in [0.15, 0.2) is 60.2 Å². The van der Waals surface area contributed by atoms with Crippen LogP contribution in [0.3, 0.4) is 0 Å². The smallest absolute Gasteiger partial charge is 0.266 e. The molecule has 0 unspecified atom stereocenters. The third-order valence-electron chi connectivity index (χ3n) is 5.63. The van der Waals surface area contributed by atoms with E-state index in [4.69, 9.17) is 16.3 Å². The van der Waals surface area contributed by atoms with Crippen LogP contribution < -0.4 is 15.4 Å².